The molecule has 0 aromatic rings. The van der Waals surface area contributed by atoms with Crippen molar-refractivity contribution in [2.24, 2.45) is 5.92 Å². The first-order valence-corrected chi connectivity index (χ1v) is 7.68. The van der Waals surface area contributed by atoms with E-state index in [4.69, 9.17) is 6.42 Å². The fraction of sp³-hybridized carbons (Fsp3) is 0.833. The molecule has 1 saturated carbocycles. The minimum Gasteiger partial charge on any atom is -0.212 e. The van der Waals surface area contributed by atoms with Crippen LogP contribution in [0.3, 0.4) is 0 Å². The van der Waals surface area contributed by atoms with Gasteiger partial charge >= 0.3 is 0 Å². The van der Waals surface area contributed by atoms with E-state index in [1.165, 1.54) is 6.42 Å². The molecule has 1 N–H and O–H groups in total. The Bertz CT molecular complexity index is 337. The lowest BCUT2D eigenvalue weighted by molar-refractivity contribution is 0.383. The third kappa shape index (κ3) is 4.54. The fourth-order valence-corrected chi connectivity index (χ4v) is 3.88. The Kier molecular flexibility index (Phi) is 5.30. The van der Waals surface area contributed by atoms with Gasteiger partial charge in [0.2, 0.25) is 10.0 Å². The molecule has 1 unspecified atom stereocenters. The molecule has 1 atom stereocenters. The van der Waals surface area contributed by atoms with Crippen LogP contribution < -0.4 is 4.72 Å². The van der Waals surface area contributed by atoms with E-state index >= 15 is 0 Å². The van der Waals surface area contributed by atoms with Gasteiger partial charge in [0, 0.05) is 0 Å². The van der Waals surface area contributed by atoms with Crippen LogP contribution in [0, 0.1) is 18.3 Å². The van der Waals surface area contributed by atoms with Crippen LogP contribution in [-0.4, -0.2) is 20.2 Å². The zero-order valence-electron chi connectivity index (χ0n) is 9.91. The van der Waals surface area contributed by atoms with Crippen molar-refractivity contribution in [1.82, 2.24) is 4.72 Å². The molecule has 92 valence electrons. The van der Waals surface area contributed by atoms with E-state index < -0.39 is 10.0 Å². The highest BCUT2D eigenvalue weighted by Crippen LogP contribution is 2.24. The van der Waals surface area contributed by atoms with Crippen LogP contribution in [0.1, 0.15) is 45.4 Å². The lowest BCUT2D eigenvalue weighted by Gasteiger charge is -2.22. The summed E-state index contributed by atoms with van der Waals surface area (Å²) in [5, 5.41) is 0. The number of rotatable bonds is 5. The van der Waals surface area contributed by atoms with Crippen LogP contribution in [-0.2, 0) is 10.0 Å². The lowest BCUT2D eigenvalue weighted by Crippen LogP contribution is -2.37. The molecule has 16 heavy (non-hydrogen) atoms. The quantitative estimate of drug-likeness (QED) is 0.750. The van der Waals surface area contributed by atoms with Gasteiger partial charge in [-0.25, -0.2) is 13.1 Å². The van der Waals surface area contributed by atoms with Crippen molar-refractivity contribution in [3.8, 4) is 12.3 Å². The zero-order valence-corrected chi connectivity index (χ0v) is 10.7. The molecule has 3 nitrogen and oxygen atoms in total. The van der Waals surface area contributed by atoms with Crippen LogP contribution >= 0.6 is 0 Å². The topological polar surface area (TPSA) is 46.2 Å². The zero-order chi connectivity index (χ0) is 12.0. The maximum absolute atomic E-state index is 11.8. The lowest BCUT2D eigenvalue weighted by atomic mass is 9.91. The van der Waals surface area contributed by atoms with E-state index in [1.54, 1.807) is 0 Å². The van der Waals surface area contributed by atoms with Crippen molar-refractivity contribution in [2.45, 2.75) is 51.5 Å². The summed E-state index contributed by atoms with van der Waals surface area (Å²) in [6.45, 7) is 1.88. The first-order chi connectivity index (χ1) is 7.57. The average Bonchev–Trinajstić information content (AvgIpc) is 2.26. The van der Waals surface area contributed by atoms with Gasteiger partial charge in [0.25, 0.3) is 0 Å². The summed E-state index contributed by atoms with van der Waals surface area (Å²) in [7, 11) is -3.20. The SMILES string of the molecule is C#CC(CC)NS(=O)(=O)CC1CCCCC1. The summed E-state index contributed by atoms with van der Waals surface area (Å²) in [6, 6.07) is -0.353. The van der Waals surface area contributed by atoms with Gasteiger partial charge in [0.15, 0.2) is 0 Å². The second-order valence-electron chi connectivity index (χ2n) is 4.53. The summed E-state index contributed by atoms with van der Waals surface area (Å²) in [5.41, 5.74) is 0. The van der Waals surface area contributed by atoms with Gasteiger partial charge in [-0.1, -0.05) is 32.1 Å². The van der Waals surface area contributed by atoms with Crippen molar-refractivity contribution >= 4 is 10.0 Å². The molecule has 0 aromatic heterocycles. The van der Waals surface area contributed by atoms with Crippen LogP contribution in [0.15, 0.2) is 0 Å². The highest BCUT2D eigenvalue weighted by molar-refractivity contribution is 7.89. The van der Waals surface area contributed by atoms with E-state index in [0.717, 1.165) is 25.7 Å². The predicted octanol–water partition coefficient (Wildman–Crippen LogP) is 1.90. The first kappa shape index (κ1) is 13.5. The van der Waals surface area contributed by atoms with E-state index in [2.05, 4.69) is 10.6 Å². The molecule has 1 aliphatic rings. The van der Waals surface area contributed by atoms with Gasteiger partial charge in [0.1, 0.15) is 0 Å². The van der Waals surface area contributed by atoms with Crippen molar-refractivity contribution in [2.75, 3.05) is 5.75 Å². The maximum Gasteiger partial charge on any atom is 0.212 e. The van der Waals surface area contributed by atoms with Crippen molar-refractivity contribution < 1.29 is 8.42 Å². The molecule has 0 radical (unpaired) electrons. The molecule has 0 aliphatic heterocycles. The summed E-state index contributed by atoms with van der Waals surface area (Å²) in [4.78, 5) is 0. The van der Waals surface area contributed by atoms with E-state index in [9.17, 15) is 8.42 Å². The molecular weight excluding hydrogens is 222 g/mol. The molecule has 0 aromatic carbocycles. The van der Waals surface area contributed by atoms with Crippen LogP contribution in [0.5, 0.6) is 0 Å². The van der Waals surface area contributed by atoms with E-state index in [-0.39, 0.29) is 11.8 Å². The van der Waals surface area contributed by atoms with Crippen LogP contribution in [0.25, 0.3) is 0 Å². The smallest absolute Gasteiger partial charge is 0.212 e. The minimum atomic E-state index is -3.20. The maximum atomic E-state index is 11.8. The molecule has 0 bridgehead atoms. The summed E-state index contributed by atoms with van der Waals surface area (Å²) in [6.07, 6.45) is 11.5. The standard InChI is InChI=1S/C12H21NO2S/c1-3-12(4-2)13-16(14,15)10-11-8-6-5-7-9-11/h1,11-13H,4-10H2,2H3. The Morgan fingerprint density at radius 3 is 2.50 bits per heavy atom. The Labute approximate surface area is 99.1 Å². The molecule has 1 fully saturated rings. The van der Waals surface area contributed by atoms with Crippen molar-refractivity contribution in [3.05, 3.63) is 0 Å². The molecule has 0 saturated heterocycles. The third-order valence-electron chi connectivity index (χ3n) is 3.11. The van der Waals surface area contributed by atoms with Crippen molar-refractivity contribution in [3.63, 3.8) is 0 Å². The third-order valence-corrected chi connectivity index (χ3v) is 4.66. The van der Waals surface area contributed by atoms with E-state index in [0.29, 0.717) is 12.3 Å². The highest BCUT2D eigenvalue weighted by Gasteiger charge is 2.22. The fourth-order valence-electron chi connectivity index (χ4n) is 2.16. The Balaban J connectivity index is 2.47. The second-order valence-corrected chi connectivity index (χ2v) is 6.33. The first-order valence-electron chi connectivity index (χ1n) is 6.03. The number of hydrogen-bond donors (Lipinski definition) is 1. The summed E-state index contributed by atoms with van der Waals surface area (Å²) in [5.74, 6) is 3.02. The molecule has 0 spiro atoms. The number of hydrogen-bond acceptors (Lipinski definition) is 2. The number of sulfonamides is 1. The van der Waals surface area contributed by atoms with Crippen molar-refractivity contribution in [1.29, 1.82) is 0 Å². The summed E-state index contributed by atoms with van der Waals surface area (Å²) < 4.78 is 26.2. The molecular formula is C12H21NO2S. The molecule has 1 rings (SSSR count). The Morgan fingerprint density at radius 2 is 2.00 bits per heavy atom. The normalized spacial score (nSPS) is 20.2. The van der Waals surface area contributed by atoms with Gasteiger partial charge in [-0.15, -0.1) is 6.42 Å². The minimum absolute atomic E-state index is 0.241. The predicted molar refractivity (Wildman–Crippen MR) is 66.4 cm³/mol. The van der Waals surface area contributed by atoms with Gasteiger partial charge in [-0.3, -0.25) is 0 Å². The monoisotopic (exact) mass is 243 g/mol. The molecule has 0 heterocycles. The highest BCUT2D eigenvalue weighted by atomic mass is 32.2. The second kappa shape index (κ2) is 6.27. The molecule has 1 aliphatic carbocycles. The van der Waals surface area contributed by atoms with Gasteiger partial charge in [-0.05, 0) is 25.2 Å². The van der Waals surface area contributed by atoms with Crippen LogP contribution in [0.2, 0.25) is 0 Å². The Morgan fingerprint density at radius 1 is 1.38 bits per heavy atom. The molecule has 0 amide bonds. The van der Waals surface area contributed by atoms with Gasteiger partial charge < -0.3 is 0 Å². The van der Waals surface area contributed by atoms with Crippen LogP contribution in [0.4, 0.5) is 0 Å². The Hall–Kier alpha value is -0.530. The average molecular weight is 243 g/mol. The number of nitrogens with one attached hydrogen (secondary N) is 1. The van der Waals surface area contributed by atoms with Gasteiger partial charge in [0.05, 0.1) is 11.8 Å². The largest absolute Gasteiger partial charge is 0.212 e. The van der Waals surface area contributed by atoms with E-state index in [1.807, 2.05) is 6.92 Å². The number of terminal acetylenes is 1. The molecule has 4 heteroatoms. The summed E-state index contributed by atoms with van der Waals surface area (Å²) >= 11 is 0. The van der Waals surface area contributed by atoms with Gasteiger partial charge in [-0.2, -0.15) is 0 Å².